The second-order valence-corrected chi connectivity index (χ2v) is 4.76. The summed E-state index contributed by atoms with van der Waals surface area (Å²) in [7, 11) is 0. The van der Waals surface area contributed by atoms with Crippen LogP contribution in [0, 0.1) is 5.82 Å². The van der Waals surface area contributed by atoms with Gasteiger partial charge in [0.15, 0.2) is 0 Å². The lowest BCUT2D eigenvalue weighted by atomic mass is 10.2. The normalized spacial score (nSPS) is 11.3. The minimum absolute atomic E-state index is 0.269. The van der Waals surface area contributed by atoms with Crippen molar-refractivity contribution in [2.45, 2.75) is 6.92 Å². The summed E-state index contributed by atoms with van der Waals surface area (Å²) in [6.07, 6.45) is 7.15. The van der Waals surface area contributed by atoms with Crippen molar-refractivity contribution in [2.75, 3.05) is 11.9 Å². The Bertz CT molecular complexity index is 772. The van der Waals surface area contributed by atoms with Gasteiger partial charge >= 0.3 is 0 Å². The molecule has 0 bridgehead atoms. The SMILES string of the molecule is CCNc1ccc(/C=C/c2cn3cc(F)ccc3n2)cc1. The third-order valence-electron chi connectivity index (χ3n) is 3.17. The number of hydrogen-bond donors (Lipinski definition) is 1. The van der Waals surface area contributed by atoms with E-state index in [4.69, 9.17) is 0 Å². The van der Waals surface area contributed by atoms with Gasteiger partial charge in [-0.15, -0.1) is 0 Å². The lowest BCUT2D eigenvalue weighted by Gasteiger charge is -2.02. The Kier molecular flexibility index (Phi) is 3.69. The third kappa shape index (κ3) is 3.11. The maximum Gasteiger partial charge on any atom is 0.139 e. The molecular weight excluding hydrogens is 265 g/mol. The van der Waals surface area contributed by atoms with E-state index in [1.807, 2.05) is 42.6 Å². The van der Waals surface area contributed by atoms with Crippen LogP contribution in [0.25, 0.3) is 17.8 Å². The molecule has 106 valence electrons. The first kappa shape index (κ1) is 13.4. The van der Waals surface area contributed by atoms with Gasteiger partial charge in [-0.2, -0.15) is 0 Å². The Balaban J connectivity index is 1.80. The summed E-state index contributed by atoms with van der Waals surface area (Å²) in [6.45, 7) is 2.98. The molecule has 0 unspecified atom stereocenters. The van der Waals surface area contributed by atoms with Gasteiger partial charge in [0, 0.05) is 24.6 Å². The van der Waals surface area contributed by atoms with E-state index in [2.05, 4.69) is 17.2 Å². The zero-order valence-corrected chi connectivity index (χ0v) is 11.8. The van der Waals surface area contributed by atoms with E-state index in [1.54, 1.807) is 10.5 Å². The van der Waals surface area contributed by atoms with Crippen molar-refractivity contribution in [1.82, 2.24) is 9.38 Å². The number of imidazole rings is 1. The molecule has 0 spiro atoms. The minimum Gasteiger partial charge on any atom is -0.385 e. The summed E-state index contributed by atoms with van der Waals surface area (Å²) in [6, 6.07) is 11.3. The number of aromatic nitrogens is 2. The number of benzene rings is 1. The predicted octanol–water partition coefficient (Wildman–Crippen LogP) is 4.08. The van der Waals surface area contributed by atoms with Crippen LogP contribution in [-0.2, 0) is 0 Å². The zero-order chi connectivity index (χ0) is 14.7. The van der Waals surface area contributed by atoms with Crippen LogP contribution in [-0.4, -0.2) is 15.9 Å². The summed E-state index contributed by atoms with van der Waals surface area (Å²) in [5.74, 6) is -0.269. The van der Waals surface area contributed by atoms with E-state index in [9.17, 15) is 4.39 Å². The lowest BCUT2D eigenvalue weighted by molar-refractivity contribution is 0.619. The topological polar surface area (TPSA) is 29.3 Å². The monoisotopic (exact) mass is 281 g/mol. The van der Waals surface area contributed by atoms with Gasteiger partial charge in [-0.05, 0) is 42.8 Å². The van der Waals surface area contributed by atoms with Crippen LogP contribution in [0.1, 0.15) is 18.2 Å². The number of fused-ring (bicyclic) bond motifs is 1. The molecule has 21 heavy (non-hydrogen) atoms. The van der Waals surface area contributed by atoms with Crippen molar-refractivity contribution >= 4 is 23.5 Å². The second kappa shape index (κ2) is 5.79. The molecule has 0 aliphatic heterocycles. The summed E-state index contributed by atoms with van der Waals surface area (Å²) >= 11 is 0. The van der Waals surface area contributed by atoms with Gasteiger partial charge in [0.05, 0.1) is 5.69 Å². The van der Waals surface area contributed by atoms with Gasteiger partial charge in [0.25, 0.3) is 0 Å². The second-order valence-electron chi connectivity index (χ2n) is 4.76. The molecule has 0 saturated carbocycles. The van der Waals surface area contributed by atoms with Crippen LogP contribution in [0.15, 0.2) is 48.8 Å². The smallest absolute Gasteiger partial charge is 0.139 e. The van der Waals surface area contributed by atoms with Crippen LogP contribution in [0.5, 0.6) is 0 Å². The van der Waals surface area contributed by atoms with Gasteiger partial charge in [0.2, 0.25) is 0 Å². The highest BCUT2D eigenvalue weighted by Crippen LogP contribution is 2.13. The Morgan fingerprint density at radius 3 is 2.67 bits per heavy atom. The van der Waals surface area contributed by atoms with E-state index in [0.29, 0.717) is 0 Å². The van der Waals surface area contributed by atoms with E-state index in [1.165, 1.54) is 12.3 Å². The van der Waals surface area contributed by atoms with Crippen LogP contribution in [0.2, 0.25) is 0 Å². The standard InChI is InChI=1S/C17H16FN3/c1-2-19-15-7-3-13(4-8-15)5-9-16-12-21-11-14(18)6-10-17(21)20-16/h3-12,19H,2H2,1H3/b9-5+. The van der Waals surface area contributed by atoms with Crippen molar-refractivity contribution in [2.24, 2.45) is 0 Å². The van der Waals surface area contributed by atoms with Crippen molar-refractivity contribution < 1.29 is 4.39 Å². The highest BCUT2D eigenvalue weighted by molar-refractivity contribution is 5.69. The van der Waals surface area contributed by atoms with Crippen molar-refractivity contribution in [3.63, 3.8) is 0 Å². The third-order valence-corrected chi connectivity index (χ3v) is 3.17. The molecule has 1 aromatic carbocycles. The van der Waals surface area contributed by atoms with Gasteiger partial charge < -0.3 is 9.72 Å². The van der Waals surface area contributed by atoms with E-state index in [-0.39, 0.29) is 5.82 Å². The Labute approximate surface area is 122 Å². The fourth-order valence-electron chi connectivity index (χ4n) is 2.16. The van der Waals surface area contributed by atoms with Gasteiger partial charge in [-0.25, -0.2) is 9.37 Å². The van der Waals surface area contributed by atoms with Crippen molar-refractivity contribution in [3.8, 4) is 0 Å². The van der Waals surface area contributed by atoms with Crippen molar-refractivity contribution in [3.05, 3.63) is 65.9 Å². The predicted molar refractivity (Wildman–Crippen MR) is 84.7 cm³/mol. The largest absolute Gasteiger partial charge is 0.385 e. The average molecular weight is 281 g/mol. The van der Waals surface area contributed by atoms with E-state index < -0.39 is 0 Å². The average Bonchev–Trinajstić information content (AvgIpc) is 2.89. The first-order valence-corrected chi connectivity index (χ1v) is 6.91. The van der Waals surface area contributed by atoms with Crippen molar-refractivity contribution in [1.29, 1.82) is 0 Å². The molecule has 0 atom stereocenters. The molecule has 3 rings (SSSR count). The van der Waals surface area contributed by atoms with Gasteiger partial charge in [0.1, 0.15) is 11.5 Å². The summed E-state index contributed by atoms with van der Waals surface area (Å²) < 4.78 is 14.8. The number of pyridine rings is 1. The number of nitrogens with zero attached hydrogens (tertiary/aromatic N) is 2. The molecule has 0 aliphatic rings. The highest BCUT2D eigenvalue weighted by atomic mass is 19.1. The van der Waals surface area contributed by atoms with Crippen LogP contribution >= 0.6 is 0 Å². The molecule has 3 aromatic rings. The Hall–Kier alpha value is -2.62. The molecule has 0 fully saturated rings. The molecule has 0 amide bonds. The maximum atomic E-state index is 13.1. The summed E-state index contributed by atoms with van der Waals surface area (Å²) in [5, 5.41) is 3.26. The number of rotatable bonds is 4. The molecule has 2 heterocycles. The molecular formula is C17H16FN3. The molecule has 3 nitrogen and oxygen atoms in total. The van der Waals surface area contributed by atoms with Crippen LogP contribution in [0.4, 0.5) is 10.1 Å². The molecule has 0 aliphatic carbocycles. The Morgan fingerprint density at radius 1 is 1.10 bits per heavy atom. The Morgan fingerprint density at radius 2 is 1.90 bits per heavy atom. The zero-order valence-electron chi connectivity index (χ0n) is 11.8. The van der Waals surface area contributed by atoms with Crippen LogP contribution in [0.3, 0.4) is 0 Å². The minimum atomic E-state index is -0.269. The van der Waals surface area contributed by atoms with E-state index >= 15 is 0 Å². The molecule has 4 heteroatoms. The quantitative estimate of drug-likeness (QED) is 0.781. The van der Waals surface area contributed by atoms with E-state index in [0.717, 1.165) is 29.1 Å². The highest BCUT2D eigenvalue weighted by Gasteiger charge is 1.99. The molecule has 1 N–H and O–H groups in total. The molecule has 0 saturated heterocycles. The number of hydrogen-bond acceptors (Lipinski definition) is 2. The van der Waals surface area contributed by atoms with Gasteiger partial charge in [-0.3, -0.25) is 0 Å². The fourth-order valence-corrected chi connectivity index (χ4v) is 2.16. The summed E-state index contributed by atoms with van der Waals surface area (Å²) in [4.78, 5) is 4.41. The first-order valence-electron chi connectivity index (χ1n) is 6.91. The number of anilines is 1. The summed E-state index contributed by atoms with van der Waals surface area (Å²) in [5.41, 5.74) is 3.74. The number of halogens is 1. The maximum absolute atomic E-state index is 13.1. The van der Waals surface area contributed by atoms with Gasteiger partial charge in [-0.1, -0.05) is 18.2 Å². The molecule has 0 radical (unpaired) electrons. The fraction of sp³-hybridized carbons (Fsp3) is 0.118. The first-order chi connectivity index (χ1) is 10.2. The van der Waals surface area contributed by atoms with Crippen LogP contribution < -0.4 is 5.32 Å². The molecule has 2 aromatic heterocycles. The lowest BCUT2D eigenvalue weighted by Crippen LogP contribution is -1.95. The number of nitrogens with one attached hydrogen (secondary N) is 1.